The van der Waals surface area contributed by atoms with E-state index in [-0.39, 0.29) is 17.3 Å². The molecule has 9 heteroatoms. The van der Waals surface area contributed by atoms with Gasteiger partial charge in [-0.1, -0.05) is 12.1 Å². The number of carbonyl (C=O) groups excluding carboxylic acids is 1. The number of carbonyl (C=O) groups is 1. The lowest BCUT2D eigenvalue weighted by Crippen LogP contribution is -2.26. The van der Waals surface area contributed by atoms with Crippen LogP contribution in [0.2, 0.25) is 0 Å². The molecule has 2 aromatic carbocycles. The van der Waals surface area contributed by atoms with Crippen LogP contribution in [0, 0.1) is 0 Å². The summed E-state index contributed by atoms with van der Waals surface area (Å²) in [5.74, 6) is -0.262. The molecule has 1 amide bonds. The molecule has 0 aliphatic carbocycles. The Morgan fingerprint density at radius 3 is 2.04 bits per heavy atom. The van der Waals surface area contributed by atoms with Gasteiger partial charge in [-0.05, 0) is 42.0 Å². The number of sulfonamides is 1. The van der Waals surface area contributed by atoms with Gasteiger partial charge in [0.15, 0.2) is 0 Å². The fourth-order valence-electron chi connectivity index (χ4n) is 2.24. The van der Waals surface area contributed by atoms with Gasteiger partial charge in [-0.25, -0.2) is 8.42 Å². The molecule has 0 atom stereocenters. The van der Waals surface area contributed by atoms with E-state index in [0.29, 0.717) is 11.1 Å². The van der Waals surface area contributed by atoms with Crippen molar-refractivity contribution in [2.24, 2.45) is 0 Å². The van der Waals surface area contributed by atoms with Gasteiger partial charge in [0.1, 0.15) is 0 Å². The number of alkyl halides is 3. The highest BCUT2D eigenvalue weighted by atomic mass is 32.2. The van der Waals surface area contributed by atoms with E-state index >= 15 is 0 Å². The Kier molecular flexibility index (Phi) is 5.72. The minimum atomic E-state index is -4.53. The molecule has 140 valence electrons. The van der Waals surface area contributed by atoms with Gasteiger partial charge < -0.3 is 5.32 Å². The van der Waals surface area contributed by atoms with Crippen molar-refractivity contribution < 1.29 is 26.4 Å². The van der Waals surface area contributed by atoms with Crippen molar-refractivity contribution >= 4 is 15.9 Å². The maximum atomic E-state index is 12.6. The molecular weight excluding hydrogens is 369 g/mol. The molecule has 0 bridgehead atoms. The molecule has 0 radical (unpaired) electrons. The molecule has 0 heterocycles. The van der Waals surface area contributed by atoms with Crippen molar-refractivity contribution in [3.63, 3.8) is 0 Å². The SMILES string of the molecule is CNC(=O)c1ccc(CN(C)S(=O)(=O)c2ccc(C(F)(F)F)cc2)cc1. The Morgan fingerprint density at radius 2 is 1.58 bits per heavy atom. The zero-order chi connectivity index (χ0) is 19.5. The van der Waals surface area contributed by atoms with E-state index in [2.05, 4.69) is 5.32 Å². The van der Waals surface area contributed by atoms with E-state index in [4.69, 9.17) is 0 Å². The minimum Gasteiger partial charge on any atom is -0.355 e. The second kappa shape index (κ2) is 7.46. The number of benzene rings is 2. The van der Waals surface area contributed by atoms with Crippen LogP contribution in [0.15, 0.2) is 53.4 Å². The van der Waals surface area contributed by atoms with Crippen LogP contribution >= 0.6 is 0 Å². The van der Waals surface area contributed by atoms with Crippen LogP contribution in [0.5, 0.6) is 0 Å². The van der Waals surface area contributed by atoms with E-state index in [1.165, 1.54) is 14.1 Å². The van der Waals surface area contributed by atoms with Gasteiger partial charge in [0.2, 0.25) is 10.0 Å². The predicted molar refractivity (Wildman–Crippen MR) is 89.9 cm³/mol. The zero-order valence-corrected chi connectivity index (χ0v) is 14.9. The van der Waals surface area contributed by atoms with Crippen molar-refractivity contribution in [1.29, 1.82) is 0 Å². The summed E-state index contributed by atoms with van der Waals surface area (Å²) >= 11 is 0. The molecule has 0 aliphatic heterocycles. The van der Waals surface area contributed by atoms with Crippen molar-refractivity contribution in [2.75, 3.05) is 14.1 Å². The van der Waals surface area contributed by atoms with Crippen molar-refractivity contribution in [3.05, 3.63) is 65.2 Å². The highest BCUT2D eigenvalue weighted by Crippen LogP contribution is 2.30. The average molecular weight is 386 g/mol. The third-order valence-electron chi connectivity index (χ3n) is 3.74. The second-order valence-electron chi connectivity index (χ2n) is 5.56. The lowest BCUT2D eigenvalue weighted by atomic mass is 10.1. The third-order valence-corrected chi connectivity index (χ3v) is 5.56. The summed E-state index contributed by atoms with van der Waals surface area (Å²) in [5, 5.41) is 2.48. The number of rotatable bonds is 5. The summed E-state index contributed by atoms with van der Waals surface area (Å²) in [6.07, 6.45) is -4.53. The Labute approximate surface area is 149 Å². The highest BCUT2D eigenvalue weighted by molar-refractivity contribution is 7.89. The number of amides is 1. The molecule has 26 heavy (non-hydrogen) atoms. The Hall–Kier alpha value is -2.39. The quantitative estimate of drug-likeness (QED) is 0.859. The van der Waals surface area contributed by atoms with E-state index in [9.17, 15) is 26.4 Å². The monoisotopic (exact) mass is 386 g/mol. The summed E-state index contributed by atoms with van der Waals surface area (Å²) < 4.78 is 63.8. The summed E-state index contributed by atoms with van der Waals surface area (Å²) in [6, 6.07) is 9.69. The number of nitrogens with zero attached hydrogens (tertiary/aromatic N) is 1. The fourth-order valence-corrected chi connectivity index (χ4v) is 3.40. The summed E-state index contributed by atoms with van der Waals surface area (Å²) in [4.78, 5) is 11.3. The minimum absolute atomic E-state index is 0.0113. The fraction of sp³-hybridized carbons (Fsp3) is 0.235. The van der Waals surface area contributed by atoms with Gasteiger partial charge in [-0.3, -0.25) is 4.79 Å². The third kappa shape index (κ3) is 4.41. The largest absolute Gasteiger partial charge is 0.416 e. The van der Waals surface area contributed by atoms with Crippen LogP contribution in [-0.4, -0.2) is 32.7 Å². The molecule has 0 unspecified atom stereocenters. The lowest BCUT2D eigenvalue weighted by molar-refractivity contribution is -0.137. The smallest absolute Gasteiger partial charge is 0.355 e. The Morgan fingerprint density at radius 1 is 1.04 bits per heavy atom. The first-order valence-corrected chi connectivity index (χ1v) is 8.94. The average Bonchev–Trinajstić information content (AvgIpc) is 2.61. The molecule has 1 N–H and O–H groups in total. The van der Waals surface area contributed by atoms with Gasteiger partial charge in [0.25, 0.3) is 5.91 Å². The van der Waals surface area contributed by atoms with E-state index in [0.717, 1.165) is 28.6 Å². The molecule has 0 spiro atoms. The molecule has 0 saturated carbocycles. The van der Waals surface area contributed by atoms with Crippen molar-refractivity contribution in [1.82, 2.24) is 9.62 Å². The van der Waals surface area contributed by atoms with Crippen LogP contribution in [-0.2, 0) is 22.7 Å². The first kappa shape index (κ1) is 19.9. The van der Waals surface area contributed by atoms with Crippen LogP contribution < -0.4 is 5.32 Å². The summed E-state index contributed by atoms with van der Waals surface area (Å²) in [5.41, 5.74) is 0.157. The predicted octanol–water partition coefficient (Wildman–Crippen LogP) is 2.89. The van der Waals surface area contributed by atoms with Gasteiger partial charge in [0.05, 0.1) is 10.5 Å². The first-order chi connectivity index (χ1) is 12.1. The second-order valence-corrected chi connectivity index (χ2v) is 7.60. The molecule has 2 rings (SSSR count). The van der Waals surface area contributed by atoms with E-state index < -0.39 is 21.8 Å². The van der Waals surface area contributed by atoms with Gasteiger partial charge in [-0.15, -0.1) is 0 Å². The summed E-state index contributed by atoms with van der Waals surface area (Å²) in [7, 11) is -1.11. The van der Waals surface area contributed by atoms with Gasteiger partial charge in [-0.2, -0.15) is 17.5 Å². The number of nitrogens with one attached hydrogen (secondary N) is 1. The lowest BCUT2D eigenvalue weighted by Gasteiger charge is -2.18. The highest BCUT2D eigenvalue weighted by Gasteiger charge is 2.31. The van der Waals surface area contributed by atoms with Crippen LogP contribution in [0.1, 0.15) is 21.5 Å². The topological polar surface area (TPSA) is 66.5 Å². The van der Waals surface area contributed by atoms with Gasteiger partial charge >= 0.3 is 6.18 Å². The van der Waals surface area contributed by atoms with Crippen LogP contribution in [0.25, 0.3) is 0 Å². The molecule has 0 aromatic heterocycles. The Balaban J connectivity index is 2.17. The Bertz CT molecular complexity index is 877. The van der Waals surface area contributed by atoms with Crippen LogP contribution in [0.3, 0.4) is 0 Å². The maximum absolute atomic E-state index is 12.6. The molecule has 0 saturated heterocycles. The molecule has 5 nitrogen and oxygen atoms in total. The molecule has 0 aliphatic rings. The van der Waals surface area contributed by atoms with E-state index in [1.807, 2.05) is 0 Å². The molecular formula is C17H17F3N2O3S. The van der Waals surface area contributed by atoms with E-state index in [1.54, 1.807) is 24.3 Å². The number of hydrogen-bond donors (Lipinski definition) is 1. The van der Waals surface area contributed by atoms with Crippen LogP contribution in [0.4, 0.5) is 13.2 Å². The normalized spacial score (nSPS) is 12.2. The van der Waals surface area contributed by atoms with Gasteiger partial charge in [0, 0.05) is 26.2 Å². The van der Waals surface area contributed by atoms with Crippen molar-refractivity contribution in [3.8, 4) is 0 Å². The maximum Gasteiger partial charge on any atom is 0.416 e. The number of hydrogen-bond acceptors (Lipinski definition) is 3. The first-order valence-electron chi connectivity index (χ1n) is 7.50. The molecule has 0 fully saturated rings. The number of halogens is 3. The molecule has 2 aromatic rings. The standard InChI is InChI=1S/C17H17F3N2O3S/c1-21-16(23)13-5-3-12(4-6-13)11-22(2)26(24,25)15-9-7-14(8-10-15)17(18,19)20/h3-10H,11H2,1-2H3,(H,21,23). The summed E-state index contributed by atoms with van der Waals surface area (Å²) in [6.45, 7) is 0.0113. The zero-order valence-electron chi connectivity index (χ0n) is 14.0. The van der Waals surface area contributed by atoms with Crippen molar-refractivity contribution in [2.45, 2.75) is 17.6 Å².